The third-order valence-corrected chi connectivity index (χ3v) is 4.99. The maximum absolute atomic E-state index is 13.2. The third-order valence-electron chi connectivity index (χ3n) is 4.99. The van der Waals surface area contributed by atoms with Crippen LogP contribution in [0.2, 0.25) is 0 Å². The molecule has 2 amide bonds. The number of likely N-dealkylation sites (tertiary alicyclic amines) is 1. The largest absolute Gasteiger partial charge is 0.418 e. The number of carbonyl (C=O) groups excluding carboxylic acids is 2. The van der Waals surface area contributed by atoms with Crippen LogP contribution in [-0.2, 0) is 11.0 Å². The first kappa shape index (κ1) is 22.3. The second kappa shape index (κ2) is 9.63. The molecule has 11 heteroatoms. The minimum Gasteiger partial charge on any atom is -0.382 e. The lowest BCUT2D eigenvalue weighted by Gasteiger charge is -2.33. The SMILES string of the molecule is CNC(=O)c1nccnc1NCC(=O)N1CCC(Nc2ccccc2C(F)(F)F)CC1. The molecule has 2 heterocycles. The van der Waals surface area contributed by atoms with Crippen molar-refractivity contribution < 1.29 is 22.8 Å². The van der Waals surface area contributed by atoms with Gasteiger partial charge in [-0.3, -0.25) is 9.59 Å². The number of aromatic nitrogens is 2. The summed E-state index contributed by atoms with van der Waals surface area (Å²) in [7, 11) is 1.47. The number of benzene rings is 1. The molecule has 0 atom stereocenters. The highest BCUT2D eigenvalue weighted by Crippen LogP contribution is 2.35. The van der Waals surface area contributed by atoms with Gasteiger partial charge in [0.2, 0.25) is 5.91 Å². The lowest BCUT2D eigenvalue weighted by Crippen LogP contribution is -2.44. The number of hydrogen-bond acceptors (Lipinski definition) is 6. The average molecular weight is 436 g/mol. The first-order valence-electron chi connectivity index (χ1n) is 9.77. The Labute approximate surface area is 177 Å². The number of halogens is 3. The lowest BCUT2D eigenvalue weighted by atomic mass is 10.0. The standard InChI is InChI=1S/C20H23F3N6O2/c1-24-19(31)17-18(26-9-8-25-17)27-12-16(30)29-10-6-13(7-11-29)28-15-5-3-2-4-14(15)20(21,22)23/h2-5,8-9,13,28H,6-7,10-12H2,1H3,(H,24,31)(H,26,27). The van der Waals surface area contributed by atoms with Crippen molar-refractivity contribution >= 4 is 23.3 Å². The van der Waals surface area contributed by atoms with E-state index in [2.05, 4.69) is 25.9 Å². The Morgan fingerprint density at radius 1 is 1.13 bits per heavy atom. The van der Waals surface area contributed by atoms with E-state index in [1.165, 1.54) is 31.6 Å². The van der Waals surface area contributed by atoms with E-state index in [-0.39, 0.29) is 35.7 Å². The molecule has 166 valence electrons. The van der Waals surface area contributed by atoms with Crippen molar-refractivity contribution in [1.82, 2.24) is 20.2 Å². The zero-order valence-electron chi connectivity index (χ0n) is 16.9. The molecule has 1 aromatic carbocycles. The van der Waals surface area contributed by atoms with E-state index in [0.29, 0.717) is 25.9 Å². The van der Waals surface area contributed by atoms with Gasteiger partial charge in [-0.1, -0.05) is 12.1 Å². The van der Waals surface area contributed by atoms with Crippen molar-refractivity contribution in [3.8, 4) is 0 Å². The van der Waals surface area contributed by atoms with Crippen molar-refractivity contribution in [3.05, 3.63) is 47.9 Å². The number of piperidine rings is 1. The zero-order chi connectivity index (χ0) is 22.4. The maximum atomic E-state index is 13.2. The summed E-state index contributed by atoms with van der Waals surface area (Å²) in [5, 5.41) is 8.25. The number of nitrogens with one attached hydrogen (secondary N) is 3. The fraction of sp³-hybridized carbons (Fsp3) is 0.400. The van der Waals surface area contributed by atoms with E-state index in [1.54, 1.807) is 11.0 Å². The summed E-state index contributed by atoms with van der Waals surface area (Å²) in [6.45, 7) is 0.752. The number of hydrogen-bond donors (Lipinski definition) is 3. The Morgan fingerprint density at radius 3 is 2.48 bits per heavy atom. The Balaban J connectivity index is 1.53. The third kappa shape index (κ3) is 5.62. The van der Waals surface area contributed by atoms with Crippen LogP contribution in [0.1, 0.15) is 28.9 Å². The van der Waals surface area contributed by atoms with Gasteiger partial charge in [-0.2, -0.15) is 13.2 Å². The summed E-state index contributed by atoms with van der Waals surface area (Å²) in [4.78, 5) is 34.0. The molecule has 1 aliphatic heterocycles. The Hall–Kier alpha value is -3.37. The molecule has 3 N–H and O–H groups in total. The van der Waals surface area contributed by atoms with Crippen molar-refractivity contribution in [1.29, 1.82) is 0 Å². The van der Waals surface area contributed by atoms with Crippen LogP contribution in [0, 0.1) is 0 Å². The Morgan fingerprint density at radius 2 is 1.81 bits per heavy atom. The summed E-state index contributed by atoms with van der Waals surface area (Å²) < 4.78 is 39.5. The number of rotatable bonds is 6. The van der Waals surface area contributed by atoms with Crippen molar-refractivity contribution in [2.75, 3.05) is 37.3 Å². The van der Waals surface area contributed by atoms with Crippen LogP contribution in [0.15, 0.2) is 36.7 Å². The van der Waals surface area contributed by atoms with Crippen molar-refractivity contribution in [2.45, 2.75) is 25.1 Å². The van der Waals surface area contributed by atoms with E-state index in [9.17, 15) is 22.8 Å². The molecule has 1 fully saturated rings. The number of carbonyl (C=O) groups is 2. The summed E-state index contributed by atoms with van der Waals surface area (Å²) in [5.41, 5.74) is -0.566. The minimum absolute atomic E-state index is 0.0471. The second-order valence-corrected chi connectivity index (χ2v) is 7.03. The molecule has 3 rings (SSSR count). The monoisotopic (exact) mass is 436 g/mol. The molecule has 0 saturated carbocycles. The zero-order valence-corrected chi connectivity index (χ0v) is 16.9. The van der Waals surface area contributed by atoms with E-state index in [1.807, 2.05) is 0 Å². The molecule has 31 heavy (non-hydrogen) atoms. The maximum Gasteiger partial charge on any atom is 0.418 e. The van der Waals surface area contributed by atoms with Gasteiger partial charge in [0.1, 0.15) is 0 Å². The van der Waals surface area contributed by atoms with Gasteiger partial charge in [0, 0.05) is 44.3 Å². The van der Waals surface area contributed by atoms with Crippen LogP contribution in [0.5, 0.6) is 0 Å². The Kier molecular flexibility index (Phi) is 6.93. The van der Waals surface area contributed by atoms with Crippen LogP contribution >= 0.6 is 0 Å². The molecule has 2 aromatic rings. The first-order valence-corrected chi connectivity index (χ1v) is 9.77. The predicted octanol–water partition coefficient (Wildman–Crippen LogP) is 2.37. The van der Waals surface area contributed by atoms with Gasteiger partial charge in [-0.05, 0) is 25.0 Å². The fourth-order valence-electron chi connectivity index (χ4n) is 3.37. The topological polar surface area (TPSA) is 99.2 Å². The number of para-hydroxylation sites is 1. The van der Waals surface area contributed by atoms with Gasteiger partial charge in [0.15, 0.2) is 11.5 Å². The van der Waals surface area contributed by atoms with Crippen LogP contribution in [0.4, 0.5) is 24.7 Å². The molecule has 8 nitrogen and oxygen atoms in total. The highest BCUT2D eigenvalue weighted by Gasteiger charge is 2.34. The highest BCUT2D eigenvalue weighted by molar-refractivity contribution is 5.97. The summed E-state index contributed by atoms with van der Waals surface area (Å²) in [6.07, 6.45) is -0.597. The van der Waals surface area contributed by atoms with Crippen molar-refractivity contribution in [2.24, 2.45) is 0 Å². The van der Waals surface area contributed by atoms with E-state index in [4.69, 9.17) is 0 Å². The van der Waals surface area contributed by atoms with Gasteiger partial charge in [-0.15, -0.1) is 0 Å². The number of anilines is 2. The predicted molar refractivity (Wildman–Crippen MR) is 109 cm³/mol. The number of nitrogens with zero attached hydrogens (tertiary/aromatic N) is 3. The molecule has 0 bridgehead atoms. The molecule has 0 radical (unpaired) electrons. The summed E-state index contributed by atoms with van der Waals surface area (Å²) >= 11 is 0. The number of alkyl halides is 3. The van der Waals surface area contributed by atoms with E-state index >= 15 is 0 Å². The van der Waals surface area contributed by atoms with Gasteiger partial charge in [0.05, 0.1) is 12.1 Å². The van der Waals surface area contributed by atoms with Crippen molar-refractivity contribution in [3.63, 3.8) is 0 Å². The molecule has 0 unspecified atom stereocenters. The Bertz CT molecular complexity index is 929. The van der Waals surface area contributed by atoms with Gasteiger partial charge in [0.25, 0.3) is 5.91 Å². The highest BCUT2D eigenvalue weighted by atomic mass is 19.4. The summed E-state index contributed by atoms with van der Waals surface area (Å²) in [5.74, 6) is -0.410. The van der Waals surface area contributed by atoms with Gasteiger partial charge >= 0.3 is 6.18 Å². The molecule has 0 spiro atoms. The van der Waals surface area contributed by atoms with Gasteiger partial charge in [-0.25, -0.2) is 9.97 Å². The van der Waals surface area contributed by atoms with Crippen LogP contribution in [0.25, 0.3) is 0 Å². The molecular weight excluding hydrogens is 413 g/mol. The van der Waals surface area contributed by atoms with Gasteiger partial charge < -0.3 is 20.9 Å². The first-order chi connectivity index (χ1) is 14.8. The van der Waals surface area contributed by atoms with Crippen LogP contribution < -0.4 is 16.0 Å². The smallest absolute Gasteiger partial charge is 0.382 e. The van der Waals surface area contributed by atoms with Crippen LogP contribution in [0.3, 0.4) is 0 Å². The fourth-order valence-corrected chi connectivity index (χ4v) is 3.37. The summed E-state index contributed by atoms with van der Waals surface area (Å²) in [6, 6.07) is 5.21. The molecule has 1 aromatic heterocycles. The number of amides is 2. The lowest BCUT2D eigenvalue weighted by molar-refractivity contribution is -0.137. The van der Waals surface area contributed by atoms with Crippen LogP contribution in [-0.4, -0.2) is 59.4 Å². The molecule has 1 aliphatic rings. The molecule has 0 aliphatic carbocycles. The second-order valence-electron chi connectivity index (χ2n) is 7.03. The van der Waals surface area contributed by atoms with E-state index < -0.39 is 17.6 Å². The molecule has 1 saturated heterocycles. The molecular formula is C20H23F3N6O2. The quantitative estimate of drug-likeness (QED) is 0.643. The average Bonchev–Trinajstić information content (AvgIpc) is 2.77. The van der Waals surface area contributed by atoms with E-state index in [0.717, 1.165) is 6.07 Å². The normalized spacial score (nSPS) is 14.8. The minimum atomic E-state index is -4.43.